The fraction of sp³-hybridized carbons (Fsp3) is 0.381. The maximum atomic E-state index is 12.8. The first-order valence-electron chi connectivity index (χ1n) is 9.47. The third-order valence-corrected chi connectivity index (χ3v) is 5.55. The number of rotatable bonds is 3. The Bertz CT molecular complexity index is 940. The minimum Gasteiger partial charge on any atom is -0.508 e. The minimum absolute atomic E-state index is 0.00588. The highest BCUT2D eigenvalue weighted by Gasteiger charge is 2.47. The van der Waals surface area contributed by atoms with Crippen LogP contribution >= 0.6 is 0 Å². The Morgan fingerprint density at radius 3 is 2.30 bits per heavy atom. The summed E-state index contributed by atoms with van der Waals surface area (Å²) in [5, 5.41) is 60.1. The van der Waals surface area contributed by atoms with Crippen LogP contribution in [-0.4, -0.2) is 67.4 Å². The van der Waals surface area contributed by atoms with Crippen molar-refractivity contribution in [2.45, 2.75) is 43.0 Å². The van der Waals surface area contributed by atoms with Gasteiger partial charge in [-0.1, -0.05) is 12.1 Å². The van der Waals surface area contributed by atoms with Gasteiger partial charge in [0.15, 0.2) is 5.78 Å². The molecule has 0 amide bonds. The molecule has 2 aromatic rings. The van der Waals surface area contributed by atoms with Gasteiger partial charge in [0.2, 0.25) is 0 Å². The third kappa shape index (κ3) is 3.40. The van der Waals surface area contributed by atoms with Gasteiger partial charge in [0.05, 0.1) is 24.2 Å². The number of ether oxygens (including phenoxy) is 2. The highest BCUT2D eigenvalue weighted by Crippen LogP contribution is 2.47. The minimum atomic E-state index is -1.65. The first kappa shape index (κ1) is 20.6. The molecule has 0 aromatic heterocycles. The molecule has 4 rings (SSSR count). The van der Waals surface area contributed by atoms with E-state index in [2.05, 4.69) is 0 Å². The Balaban J connectivity index is 1.77. The smallest absolute Gasteiger partial charge is 0.170 e. The summed E-state index contributed by atoms with van der Waals surface area (Å²) in [5.74, 6) is -0.549. The average Bonchev–Trinajstić information content (AvgIpc) is 2.73. The number of carbonyl (C=O) groups is 1. The fourth-order valence-corrected chi connectivity index (χ4v) is 3.89. The molecule has 0 saturated carbocycles. The van der Waals surface area contributed by atoms with E-state index in [-0.39, 0.29) is 40.6 Å². The number of phenolic OH excluding ortho intramolecular Hbond substituents is 2. The highest BCUT2D eigenvalue weighted by atomic mass is 16.5. The van der Waals surface area contributed by atoms with Crippen LogP contribution in [0.25, 0.3) is 0 Å². The molecule has 1 saturated heterocycles. The van der Waals surface area contributed by atoms with E-state index in [1.54, 1.807) is 12.1 Å². The number of aromatic hydroxyl groups is 2. The molecule has 1 fully saturated rings. The first-order valence-corrected chi connectivity index (χ1v) is 9.47. The van der Waals surface area contributed by atoms with Gasteiger partial charge in [-0.3, -0.25) is 4.79 Å². The van der Waals surface area contributed by atoms with Crippen LogP contribution in [0.2, 0.25) is 0 Å². The average molecular weight is 418 g/mol. The molecule has 9 heteroatoms. The van der Waals surface area contributed by atoms with Crippen LogP contribution in [0, 0.1) is 0 Å². The summed E-state index contributed by atoms with van der Waals surface area (Å²) < 4.78 is 11.6. The standard InChI is InChI=1S/C21H22O9/c22-8-15-17(26)18(27)19(28)21(30-15)16-12(24)6-5-11-13(25)7-14(29-20(11)16)9-1-3-10(23)4-2-9/h1-6,14-15,17-19,21-24,26-28H,7-8H2. The Morgan fingerprint density at radius 1 is 0.933 bits per heavy atom. The van der Waals surface area contributed by atoms with E-state index >= 15 is 0 Å². The maximum Gasteiger partial charge on any atom is 0.170 e. The zero-order valence-electron chi connectivity index (χ0n) is 15.8. The predicted octanol–water partition coefficient (Wildman–Crippen LogP) is 0.319. The van der Waals surface area contributed by atoms with Gasteiger partial charge in [0.25, 0.3) is 0 Å². The second-order valence-electron chi connectivity index (χ2n) is 7.45. The van der Waals surface area contributed by atoms with Crippen LogP contribution in [0.3, 0.4) is 0 Å². The molecule has 2 aliphatic rings. The molecule has 30 heavy (non-hydrogen) atoms. The van der Waals surface area contributed by atoms with Crippen molar-refractivity contribution in [1.82, 2.24) is 0 Å². The monoisotopic (exact) mass is 418 g/mol. The van der Waals surface area contributed by atoms with Crippen molar-refractivity contribution >= 4 is 5.78 Å². The van der Waals surface area contributed by atoms with Crippen molar-refractivity contribution in [3.8, 4) is 17.2 Å². The molecule has 6 atom stereocenters. The molecule has 0 spiro atoms. The number of hydrogen-bond acceptors (Lipinski definition) is 9. The van der Waals surface area contributed by atoms with E-state index in [1.165, 1.54) is 24.3 Å². The van der Waals surface area contributed by atoms with Crippen LogP contribution in [0.15, 0.2) is 36.4 Å². The van der Waals surface area contributed by atoms with Gasteiger partial charge in [-0.25, -0.2) is 0 Å². The molecule has 2 heterocycles. The molecular formula is C21H22O9. The Hall–Kier alpha value is -2.69. The van der Waals surface area contributed by atoms with E-state index in [4.69, 9.17) is 9.47 Å². The Kier molecular flexibility index (Phi) is 5.39. The summed E-state index contributed by atoms with van der Waals surface area (Å²) in [7, 11) is 0. The van der Waals surface area contributed by atoms with Crippen LogP contribution in [-0.2, 0) is 4.74 Å². The highest BCUT2D eigenvalue weighted by molar-refractivity contribution is 6.00. The van der Waals surface area contributed by atoms with Gasteiger partial charge in [-0.15, -0.1) is 0 Å². The summed E-state index contributed by atoms with van der Waals surface area (Å²) in [4.78, 5) is 12.8. The lowest BCUT2D eigenvalue weighted by Gasteiger charge is -2.41. The number of phenols is 2. The van der Waals surface area contributed by atoms with Gasteiger partial charge in [-0.05, 0) is 29.8 Å². The van der Waals surface area contributed by atoms with E-state index in [0.717, 1.165) is 0 Å². The Morgan fingerprint density at radius 2 is 1.63 bits per heavy atom. The Labute approximate surface area is 171 Å². The third-order valence-electron chi connectivity index (χ3n) is 5.55. The van der Waals surface area contributed by atoms with Crippen LogP contribution in [0.1, 0.15) is 40.1 Å². The number of hydrogen-bond donors (Lipinski definition) is 6. The summed E-state index contributed by atoms with van der Waals surface area (Å²) in [6, 6.07) is 8.79. The van der Waals surface area contributed by atoms with Gasteiger partial charge >= 0.3 is 0 Å². The van der Waals surface area contributed by atoms with E-state index < -0.39 is 43.2 Å². The second kappa shape index (κ2) is 7.86. The van der Waals surface area contributed by atoms with Crippen molar-refractivity contribution in [2.75, 3.05) is 6.61 Å². The number of carbonyl (C=O) groups excluding carboxylic acids is 1. The summed E-state index contributed by atoms with van der Waals surface area (Å²) in [5.41, 5.74) is 0.742. The lowest BCUT2D eigenvalue weighted by atomic mass is 9.87. The molecule has 9 nitrogen and oxygen atoms in total. The zero-order valence-corrected chi connectivity index (χ0v) is 15.8. The molecule has 0 aliphatic carbocycles. The second-order valence-corrected chi connectivity index (χ2v) is 7.45. The maximum absolute atomic E-state index is 12.8. The van der Waals surface area contributed by atoms with Crippen LogP contribution in [0.5, 0.6) is 17.2 Å². The van der Waals surface area contributed by atoms with Gasteiger partial charge in [-0.2, -0.15) is 0 Å². The number of aliphatic hydroxyl groups is 4. The predicted molar refractivity (Wildman–Crippen MR) is 101 cm³/mol. The number of benzene rings is 2. The molecule has 160 valence electrons. The molecule has 2 aromatic carbocycles. The lowest BCUT2D eigenvalue weighted by molar-refractivity contribution is -0.232. The van der Waals surface area contributed by atoms with Gasteiger partial charge in [0, 0.05) is 0 Å². The van der Waals surface area contributed by atoms with E-state index in [1.807, 2.05) is 0 Å². The van der Waals surface area contributed by atoms with Crippen LogP contribution in [0.4, 0.5) is 0 Å². The number of Topliss-reactive ketones (excluding diaryl/α,β-unsaturated/α-hetero) is 1. The summed E-state index contributed by atoms with van der Waals surface area (Å²) >= 11 is 0. The van der Waals surface area contributed by atoms with Crippen molar-refractivity contribution in [3.05, 3.63) is 53.1 Å². The largest absolute Gasteiger partial charge is 0.508 e. The van der Waals surface area contributed by atoms with Crippen molar-refractivity contribution in [1.29, 1.82) is 0 Å². The normalized spacial score (nSPS) is 31.1. The summed E-state index contributed by atoms with van der Waals surface area (Å²) in [6.45, 7) is -0.632. The lowest BCUT2D eigenvalue weighted by Crippen LogP contribution is -2.55. The van der Waals surface area contributed by atoms with Crippen molar-refractivity contribution in [3.63, 3.8) is 0 Å². The van der Waals surface area contributed by atoms with Crippen LogP contribution < -0.4 is 4.74 Å². The van der Waals surface area contributed by atoms with E-state index in [0.29, 0.717) is 5.56 Å². The number of fused-ring (bicyclic) bond motifs is 1. The van der Waals surface area contributed by atoms with E-state index in [9.17, 15) is 35.4 Å². The zero-order chi connectivity index (χ0) is 21.6. The van der Waals surface area contributed by atoms with Crippen molar-refractivity contribution in [2.24, 2.45) is 0 Å². The summed E-state index contributed by atoms with van der Waals surface area (Å²) in [6.07, 6.45) is -8.09. The molecule has 0 bridgehead atoms. The first-order chi connectivity index (χ1) is 14.3. The quantitative estimate of drug-likeness (QED) is 0.413. The molecule has 0 radical (unpaired) electrons. The topological polar surface area (TPSA) is 157 Å². The SMILES string of the molecule is O=C1CC(c2ccc(O)cc2)Oc2c1ccc(O)c2C1OC(CO)C(O)C(O)C1O. The fourth-order valence-electron chi connectivity index (χ4n) is 3.89. The molecule has 6 N–H and O–H groups in total. The van der Waals surface area contributed by atoms with Gasteiger partial charge < -0.3 is 40.1 Å². The van der Waals surface area contributed by atoms with Gasteiger partial charge in [0.1, 0.15) is 53.9 Å². The van der Waals surface area contributed by atoms with Crippen molar-refractivity contribution < 1.29 is 44.9 Å². The molecule has 2 aliphatic heterocycles. The molecule has 6 unspecified atom stereocenters. The number of ketones is 1. The molecular weight excluding hydrogens is 396 g/mol. The number of aliphatic hydroxyl groups excluding tert-OH is 4.